The molecule has 0 aliphatic carbocycles. The molecule has 1 aliphatic rings. The molecule has 1 rings (SSSR count). The highest BCUT2D eigenvalue weighted by atomic mass is 32.1. The molecule has 0 aromatic rings. The number of rotatable bonds is 1. The molecule has 2 unspecified atom stereocenters. The molecular weight excluding hydrogens is 168 g/mol. The molecule has 0 N–H and O–H groups in total. The third-order valence-corrected chi connectivity index (χ3v) is 1.76. The van der Waals surface area contributed by atoms with Crippen LogP contribution in [-0.4, -0.2) is 23.2 Å². The van der Waals surface area contributed by atoms with Crippen LogP contribution in [0.5, 0.6) is 0 Å². The number of ether oxygens (including phenoxy) is 2. The Hall–Kier alpha value is 0.200. The Balaban J connectivity index is 2.33. The standard InChI is InChI=1S/C6H10O2S2/c1-4-5(2-3-7-4)8-6(9)10/h4-5H,2-3H2,1H3,(H,9,10). The van der Waals surface area contributed by atoms with Crippen LogP contribution in [0.2, 0.25) is 0 Å². The fraction of sp³-hybridized carbons (Fsp3) is 0.833. The zero-order chi connectivity index (χ0) is 7.56. The van der Waals surface area contributed by atoms with Gasteiger partial charge in [0.05, 0.1) is 12.7 Å². The predicted octanol–water partition coefficient (Wildman–Crippen LogP) is 1.40. The molecule has 2 atom stereocenters. The second-order valence-corrected chi connectivity index (χ2v) is 3.37. The van der Waals surface area contributed by atoms with Gasteiger partial charge in [-0.05, 0) is 19.1 Å². The molecule has 2 nitrogen and oxygen atoms in total. The van der Waals surface area contributed by atoms with Crippen LogP contribution in [0.15, 0.2) is 0 Å². The summed E-state index contributed by atoms with van der Waals surface area (Å²) in [5.74, 6) is 0. The lowest BCUT2D eigenvalue weighted by molar-refractivity contribution is 0.0657. The highest BCUT2D eigenvalue weighted by Gasteiger charge is 2.25. The molecule has 10 heavy (non-hydrogen) atoms. The van der Waals surface area contributed by atoms with Crippen molar-refractivity contribution >= 4 is 29.2 Å². The van der Waals surface area contributed by atoms with Gasteiger partial charge in [0.25, 0.3) is 0 Å². The van der Waals surface area contributed by atoms with E-state index >= 15 is 0 Å². The van der Waals surface area contributed by atoms with Crippen LogP contribution in [0.4, 0.5) is 0 Å². The van der Waals surface area contributed by atoms with Crippen molar-refractivity contribution in [2.45, 2.75) is 25.6 Å². The molecule has 1 fully saturated rings. The van der Waals surface area contributed by atoms with E-state index in [4.69, 9.17) is 9.47 Å². The smallest absolute Gasteiger partial charge is 0.217 e. The maximum absolute atomic E-state index is 5.25. The molecule has 0 radical (unpaired) electrons. The maximum Gasteiger partial charge on any atom is 0.217 e. The van der Waals surface area contributed by atoms with Gasteiger partial charge in [0.1, 0.15) is 6.10 Å². The SMILES string of the molecule is CC1OCCC1OC(=S)S. The summed E-state index contributed by atoms with van der Waals surface area (Å²) in [6.07, 6.45) is 1.19. The molecular formula is C6H10O2S2. The Labute approximate surface area is 71.3 Å². The van der Waals surface area contributed by atoms with Gasteiger partial charge in [0.15, 0.2) is 0 Å². The van der Waals surface area contributed by atoms with Crippen LogP contribution < -0.4 is 0 Å². The second-order valence-electron chi connectivity index (χ2n) is 2.29. The van der Waals surface area contributed by atoms with Crippen LogP contribution in [-0.2, 0) is 9.47 Å². The van der Waals surface area contributed by atoms with Gasteiger partial charge < -0.3 is 9.47 Å². The first-order valence-electron chi connectivity index (χ1n) is 3.21. The zero-order valence-corrected chi connectivity index (χ0v) is 7.45. The van der Waals surface area contributed by atoms with E-state index < -0.39 is 0 Å². The minimum atomic E-state index is 0.116. The minimum Gasteiger partial charge on any atom is -0.473 e. The Bertz CT molecular complexity index is 138. The van der Waals surface area contributed by atoms with Crippen molar-refractivity contribution in [2.75, 3.05) is 6.61 Å². The summed E-state index contributed by atoms with van der Waals surface area (Å²) in [6.45, 7) is 2.74. The summed E-state index contributed by atoms with van der Waals surface area (Å²) in [5, 5.41) is 0. The quantitative estimate of drug-likeness (QED) is 0.483. The van der Waals surface area contributed by atoms with Crippen LogP contribution in [0, 0.1) is 0 Å². The third-order valence-electron chi connectivity index (χ3n) is 1.56. The van der Waals surface area contributed by atoms with Crippen LogP contribution in [0.1, 0.15) is 13.3 Å². The van der Waals surface area contributed by atoms with Crippen LogP contribution in [0.25, 0.3) is 0 Å². The van der Waals surface area contributed by atoms with Crippen molar-refractivity contribution in [3.05, 3.63) is 0 Å². The first kappa shape index (κ1) is 8.30. The Kier molecular flexibility index (Phi) is 2.95. The van der Waals surface area contributed by atoms with Crippen molar-refractivity contribution in [3.8, 4) is 0 Å². The van der Waals surface area contributed by atoms with Gasteiger partial charge in [-0.2, -0.15) is 0 Å². The van der Waals surface area contributed by atoms with Gasteiger partial charge >= 0.3 is 0 Å². The van der Waals surface area contributed by atoms with Crippen molar-refractivity contribution in [1.29, 1.82) is 0 Å². The monoisotopic (exact) mass is 178 g/mol. The topological polar surface area (TPSA) is 18.5 Å². The van der Waals surface area contributed by atoms with E-state index in [9.17, 15) is 0 Å². The molecule has 0 spiro atoms. The Morgan fingerprint density at radius 1 is 1.80 bits per heavy atom. The molecule has 58 valence electrons. The zero-order valence-electron chi connectivity index (χ0n) is 5.74. The lowest BCUT2D eigenvalue weighted by atomic mass is 10.2. The summed E-state index contributed by atoms with van der Waals surface area (Å²) in [4.78, 5) is 0. The summed E-state index contributed by atoms with van der Waals surface area (Å²) in [6, 6.07) is 0. The maximum atomic E-state index is 5.25. The van der Waals surface area contributed by atoms with Gasteiger partial charge in [0.2, 0.25) is 4.38 Å². The molecule has 4 heteroatoms. The van der Waals surface area contributed by atoms with E-state index in [-0.39, 0.29) is 12.2 Å². The molecule has 1 saturated heterocycles. The number of hydrogen-bond donors (Lipinski definition) is 1. The van der Waals surface area contributed by atoms with Gasteiger partial charge in [-0.3, -0.25) is 0 Å². The molecule has 1 heterocycles. The largest absolute Gasteiger partial charge is 0.473 e. The summed E-state index contributed by atoms with van der Waals surface area (Å²) < 4.78 is 10.7. The van der Waals surface area contributed by atoms with Crippen LogP contribution in [0.3, 0.4) is 0 Å². The molecule has 0 saturated carbocycles. The summed E-state index contributed by atoms with van der Waals surface area (Å²) >= 11 is 8.54. The molecule has 0 amide bonds. The number of hydrogen-bond acceptors (Lipinski definition) is 3. The van der Waals surface area contributed by atoms with E-state index in [1.165, 1.54) is 0 Å². The van der Waals surface area contributed by atoms with Crippen molar-refractivity contribution in [1.82, 2.24) is 0 Å². The van der Waals surface area contributed by atoms with Crippen molar-refractivity contribution in [3.63, 3.8) is 0 Å². The Morgan fingerprint density at radius 3 is 2.90 bits per heavy atom. The van der Waals surface area contributed by atoms with Gasteiger partial charge in [0, 0.05) is 6.42 Å². The average molecular weight is 178 g/mol. The highest BCUT2D eigenvalue weighted by Crippen LogP contribution is 2.17. The summed E-state index contributed by atoms with van der Waals surface area (Å²) in [5.41, 5.74) is 0. The molecule has 0 aromatic carbocycles. The summed E-state index contributed by atoms with van der Waals surface area (Å²) in [7, 11) is 0. The second kappa shape index (κ2) is 3.55. The van der Waals surface area contributed by atoms with Crippen molar-refractivity contribution in [2.24, 2.45) is 0 Å². The van der Waals surface area contributed by atoms with E-state index in [0.717, 1.165) is 13.0 Å². The molecule has 1 aliphatic heterocycles. The van der Waals surface area contributed by atoms with Gasteiger partial charge in [-0.1, -0.05) is 12.6 Å². The van der Waals surface area contributed by atoms with E-state index in [0.29, 0.717) is 4.38 Å². The van der Waals surface area contributed by atoms with Gasteiger partial charge in [-0.25, -0.2) is 0 Å². The number of thiocarbonyl (C=S) groups is 1. The fourth-order valence-electron chi connectivity index (χ4n) is 0.996. The lowest BCUT2D eigenvalue weighted by Gasteiger charge is -2.14. The first-order valence-corrected chi connectivity index (χ1v) is 4.07. The third kappa shape index (κ3) is 2.11. The normalized spacial score (nSPS) is 32.2. The fourth-order valence-corrected chi connectivity index (χ4v) is 1.26. The van der Waals surface area contributed by atoms with Crippen molar-refractivity contribution < 1.29 is 9.47 Å². The first-order chi connectivity index (χ1) is 4.70. The van der Waals surface area contributed by atoms with Crippen LogP contribution >= 0.6 is 24.8 Å². The van der Waals surface area contributed by atoms with E-state index in [1.54, 1.807) is 0 Å². The predicted molar refractivity (Wildman–Crippen MR) is 46.5 cm³/mol. The number of thiol groups is 1. The minimum absolute atomic E-state index is 0.116. The Morgan fingerprint density at radius 2 is 2.50 bits per heavy atom. The van der Waals surface area contributed by atoms with E-state index in [2.05, 4.69) is 24.8 Å². The highest BCUT2D eigenvalue weighted by molar-refractivity contribution is 8.10. The lowest BCUT2D eigenvalue weighted by Crippen LogP contribution is -2.21. The van der Waals surface area contributed by atoms with Gasteiger partial charge in [-0.15, -0.1) is 0 Å². The molecule has 0 bridgehead atoms. The molecule has 0 aromatic heterocycles. The van der Waals surface area contributed by atoms with E-state index in [1.807, 2.05) is 6.92 Å². The average Bonchev–Trinajstić information content (AvgIpc) is 2.15.